The summed E-state index contributed by atoms with van der Waals surface area (Å²) in [6, 6.07) is 14.4. The minimum absolute atomic E-state index is 0.102. The number of hydrogen-bond acceptors (Lipinski definition) is 5. The first-order chi connectivity index (χ1) is 13.0. The molecule has 2 amide bonds. The second-order valence-electron chi connectivity index (χ2n) is 5.75. The molecular formula is C20H19N3O4. The van der Waals surface area contributed by atoms with Crippen molar-refractivity contribution in [3.8, 4) is 6.07 Å². The number of carbonyl (C=O) groups excluding carboxylic acids is 3. The molecule has 0 radical (unpaired) electrons. The van der Waals surface area contributed by atoms with Gasteiger partial charge in [-0.25, -0.2) is 4.79 Å². The van der Waals surface area contributed by atoms with Crippen molar-refractivity contribution in [3.63, 3.8) is 0 Å². The highest BCUT2D eigenvalue weighted by Gasteiger charge is 2.24. The Labute approximate surface area is 156 Å². The monoisotopic (exact) mass is 365 g/mol. The smallest absolute Gasteiger partial charge is 0.328 e. The van der Waals surface area contributed by atoms with E-state index >= 15 is 0 Å². The van der Waals surface area contributed by atoms with E-state index in [0.717, 1.165) is 0 Å². The van der Waals surface area contributed by atoms with Crippen molar-refractivity contribution in [2.45, 2.75) is 19.4 Å². The summed E-state index contributed by atoms with van der Waals surface area (Å²) in [5.41, 5.74) is 1.59. The number of amides is 2. The van der Waals surface area contributed by atoms with Gasteiger partial charge in [0.2, 0.25) is 5.91 Å². The largest absolute Gasteiger partial charge is 0.467 e. The first-order valence-electron chi connectivity index (χ1n) is 8.19. The molecule has 0 saturated carbocycles. The summed E-state index contributed by atoms with van der Waals surface area (Å²) in [5.74, 6) is -1.49. The molecule has 0 spiro atoms. The molecule has 0 fully saturated rings. The predicted molar refractivity (Wildman–Crippen MR) is 98.9 cm³/mol. The van der Waals surface area contributed by atoms with Gasteiger partial charge in [0.25, 0.3) is 5.91 Å². The lowest BCUT2D eigenvalue weighted by atomic mass is 10.0. The van der Waals surface area contributed by atoms with Crippen LogP contribution in [-0.2, 0) is 20.7 Å². The molecule has 27 heavy (non-hydrogen) atoms. The number of nitriles is 1. The average Bonchev–Trinajstić information content (AvgIpc) is 2.67. The summed E-state index contributed by atoms with van der Waals surface area (Å²) in [6.07, 6.45) is 0.102. The molecule has 2 aromatic carbocycles. The number of nitrogens with zero attached hydrogens (tertiary/aromatic N) is 1. The van der Waals surface area contributed by atoms with Gasteiger partial charge in [0, 0.05) is 13.3 Å². The van der Waals surface area contributed by atoms with Crippen LogP contribution >= 0.6 is 0 Å². The fourth-order valence-corrected chi connectivity index (χ4v) is 2.58. The zero-order valence-electron chi connectivity index (χ0n) is 15.0. The summed E-state index contributed by atoms with van der Waals surface area (Å²) in [5, 5.41) is 14.4. The van der Waals surface area contributed by atoms with Crippen LogP contribution in [0.1, 0.15) is 28.4 Å². The van der Waals surface area contributed by atoms with E-state index in [-0.39, 0.29) is 17.9 Å². The van der Waals surface area contributed by atoms with Crippen LogP contribution in [0.2, 0.25) is 0 Å². The normalized spacial score (nSPS) is 11.0. The highest BCUT2D eigenvalue weighted by molar-refractivity contribution is 6.04. The van der Waals surface area contributed by atoms with Gasteiger partial charge in [-0.15, -0.1) is 0 Å². The zero-order chi connectivity index (χ0) is 19.8. The molecule has 0 heterocycles. The SMILES string of the molecule is COC(=O)[C@H](Cc1ccccc1C#N)NC(=O)c1ccccc1NC(C)=O. The lowest BCUT2D eigenvalue weighted by molar-refractivity contribution is -0.142. The number of ether oxygens (including phenoxy) is 1. The van der Waals surface area contributed by atoms with E-state index in [0.29, 0.717) is 16.8 Å². The van der Waals surface area contributed by atoms with Gasteiger partial charge in [-0.05, 0) is 23.8 Å². The van der Waals surface area contributed by atoms with Gasteiger partial charge < -0.3 is 15.4 Å². The second-order valence-corrected chi connectivity index (χ2v) is 5.75. The average molecular weight is 365 g/mol. The van der Waals surface area contributed by atoms with Gasteiger partial charge in [-0.2, -0.15) is 5.26 Å². The van der Waals surface area contributed by atoms with Crippen molar-refractivity contribution in [1.29, 1.82) is 5.26 Å². The Hall–Kier alpha value is -3.66. The van der Waals surface area contributed by atoms with Gasteiger partial charge in [-0.1, -0.05) is 30.3 Å². The van der Waals surface area contributed by atoms with Crippen LogP contribution in [0.15, 0.2) is 48.5 Å². The number of benzene rings is 2. The van der Waals surface area contributed by atoms with Gasteiger partial charge in [0.15, 0.2) is 0 Å². The van der Waals surface area contributed by atoms with E-state index in [4.69, 9.17) is 4.74 Å². The van der Waals surface area contributed by atoms with E-state index in [1.54, 1.807) is 42.5 Å². The number of anilines is 1. The maximum atomic E-state index is 12.7. The van der Waals surface area contributed by atoms with Crippen LogP contribution in [0.25, 0.3) is 0 Å². The lowest BCUT2D eigenvalue weighted by Gasteiger charge is -2.18. The molecule has 0 bridgehead atoms. The van der Waals surface area contributed by atoms with Crippen molar-refractivity contribution in [2.24, 2.45) is 0 Å². The minimum Gasteiger partial charge on any atom is -0.467 e. The Morgan fingerprint density at radius 1 is 1.11 bits per heavy atom. The van der Waals surface area contributed by atoms with Crippen LogP contribution in [0, 0.1) is 11.3 Å². The van der Waals surface area contributed by atoms with Crippen LogP contribution in [-0.4, -0.2) is 30.9 Å². The molecule has 138 valence electrons. The number of carbonyl (C=O) groups is 3. The first kappa shape index (κ1) is 19.7. The number of rotatable bonds is 6. The number of nitrogens with one attached hydrogen (secondary N) is 2. The summed E-state index contributed by atoms with van der Waals surface area (Å²) in [7, 11) is 1.23. The standard InChI is InChI=1S/C20H19N3O4/c1-13(24)22-17-10-6-5-9-16(17)19(25)23-18(20(26)27-2)11-14-7-3-4-8-15(14)12-21/h3-10,18H,11H2,1-2H3,(H,22,24)(H,23,25)/t18-/m0/s1. The molecule has 2 rings (SSSR count). The quantitative estimate of drug-likeness (QED) is 0.762. The van der Waals surface area contributed by atoms with Crippen molar-refractivity contribution in [2.75, 3.05) is 12.4 Å². The minimum atomic E-state index is -0.984. The maximum Gasteiger partial charge on any atom is 0.328 e. The molecule has 0 aliphatic carbocycles. The third-order valence-electron chi connectivity index (χ3n) is 3.84. The van der Waals surface area contributed by atoms with Crippen LogP contribution in [0.3, 0.4) is 0 Å². The van der Waals surface area contributed by atoms with Crippen molar-refractivity contribution in [3.05, 3.63) is 65.2 Å². The van der Waals surface area contributed by atoms with E-state index in [1.165, 1.54) is 20.1 Å². The van der Waals surface area contributed by atoms with Gasteiger partial charge in [-0.3, -0.25) is 9.59 Å². The summed E-state index contributed by atoms with van der Waals surface area (Å²) in [4.78, 5) is 36.2. The fourth-order valence-electron chi connectivity index (χ4n) is 2.58. The molecule has 7 nitrogen and oxygen atoms in total. The van der Waals surface area contributed by atoms with Crippen LogP contribution in [0.5, 0.6) is 0 Å². The van der Waals surface area contributed by atoms with Crippen LogP contribution < -0.4 is 10.6 Å². The van der Waals surface area contributed by atoms with Crippen molar-refractivity contribution >= 4 is 23.5 Å². The molecule has 0 unspecified atom stereocenters. The van der Waals surface area contributed by atoms with Gasteiger partial charge in [0.1, 0.15) is 6.04 Å². The molecule has 1 atom stereocenters. The predicted octanol–water partition coefficient (Wildman–Crippen LogP) is 2.03. The third-order valence-corrected chi connectivity index (χ3v) is 3.84. The molecule has 0 saturated heterocycles. The third kappa shape index (κ3) is 5.16. The van der Waals surface area contributed by atoms with E-state index in [2.05, 4.69) is 16.7 Å². The fraction of sp³-hybridized carbons (Fsp3) is 0.200. The van der Waals surface area contributed by atoms with Crippen LogP contribution in [0.4, 0.5) is 5.69 Å². The maximum absolute atomic E-state index is 12.7. The lowest BCUT2D eigenvalue weighted by Crippen LogP contribution is -2.43. The Bertz CT molecular complexity index is 902. The molecule has 0 aliphatic rings. The number of methoxy groups -OCH3 is 1. The van der Waals surface area contributed by atoms with E-state index < -0.39 is 17.9 Å². The van der Waals surface area contributed by atoms with Crippen molar-refractivity contribution in [1.82, 2.24) is 5.32 Å². The Morgan fingerprint density at radius 3 is 2.44 bits per heavy atom. The summed E-state index contributed by atoms with van der Waals surface area (Å²) >= 11 is 0. The van der Waals surface area contributed by atoms with E-state index in [9.17, 15) is 19.6 Å². The number of esters is 1. The zero-order valence-corrected chi connectivity index (χ0v) is 15.0. The first-order valence-corrected chi connectivity index (χ1v) is 8.19. The Balaban J connectivity index is 2.27. The number of hydrogen-bond donors (Lipinski definition) is 2. The van der Waals surface area contributed by atoms with Crippen molar-refractivity contribution < 1.29 is 19.1 Å². The van der Waals surface area contributed by atoms with Gasteiger partial charge >= 0.3 is 5.97 Å². The van der Waals surface area contributed by atoms with Gasteiger partial charge in [0.05, 0.1) is 30.0 Å². The summed E-state index contributed by atoms with van der Waals surface area (Å²) < 4.78 is 4.78. The molecular weight excluding hydrogens is 346 g/mol. The molecule has 2 aromatic rings. The highest BCUT2D eigenvalue weighted by Crippen LogP contribution is 2.16. The molecule has 0 aromatic heterocycles. The highest BCUT2D eigenvalue weighted by atomic mass is 16.5. The topological polar surface area (TPSA) is 108 Å². The Morgan fingerprint density at radius 2 is 1.78 bits per heavy atom. The second kappa shape index (κ2) is 9.15. The summed E-state index contributed by atoms with van der Waals surface area (Å²) in [6.45, 7) is 1.34. The molecule has 7 heteroatoms. The Kier molecular flexibility index (Phi) is 6.67. The number of para-hydroxylation sites is 1. The van der Waals surface area contributed by atoms with E-state index in [1.807, 2.05) is 0 Å². The molecule has 2 N–H and O–H groups in total. The molecule has 0 aliphatic heterocycles.